The lowest BCUT2D eigenvalue weighted by Gasteiger charge is -2.32. The Balaban J connectivity index is 1.04. The number of fused-ring (bicyclic) bond motifs is 11. The smallest absolute Gasteiger partial charge is 0.159 e. The van der Waals surface area contributed by atoms with Crippen molar-refractivity contribution in [2.24, 2.45) is 0 Å². The van der Waals surface area contributed by atoms with Gasteiger partial charge in [-0.25, -0.2) is 0 Å². The fraction of sp³-hybridized carbons (Fsp3) is 0.141. The Hall–Kier alpha value is -8.93. The maximum absolute atomic E-state index is 6.91. The van der Waals surface area contributed by atoms with Crippen LogP contribution in [0.4, 0.5) is 28.4 Å². The highest BCUT2D eigenvalue weighted by molar-refractivity contribution is 6.13. The number of pyridine rings is 1. The molecule has 0 spiro atoms. The Morgan fingerprint density at radius 2 is 1.13 bits per heavy atom. The zero-order valence-corrected chi connectivity index (χ0v) is 43.2. The molecule has 0 saturated carbocycles. The minimum Gasteiger partial charge on any atom is -0.459 e. The van der Waals surface area contributed by atoms with Crippen LogP contribution in [-0.2, 0) is 0 Å². The van der Waals surface area contributed by atoms with Gasteiger partial charge in [0.1, 0.15) is 17.1 Å². The molecule has 368 valence electrons. The zero-order valence-electron chi connectivity index (χ0n) is 43.2. The maximum atomic E-state index is 6.91. The van der Waals surface area contributed by atoms with E-state index < -0.39 is 0 Å². The molecule has 0 radical (unpaired) electrons. The van der Waals surface area contributed by atoms with Crippen molar-refractivity contribution >= 4 is 61.3 Å². The topological polar surface area (TPSA) is 41.7 Å². The largest absolute Gasteiger partial charge is 0.459 e. The van der Waals surface area contributed by atoms with E-state index in [1.807, 2.05) is 6.20 Å². The van der Waals surface area contributed by atoms with Crippen LogP contribution in [0.3, 0.4) is 0 Å². The number of anilines is 5. The Morgan fingerprint density at radius 1 is 0.500 bits per heavy atom. The minimum absolute atomic E-state index is 0.0586. The number of hydrogen-bond acceptors (Lipinski definition) is 5. The average Bonchev–Trinajstić information content (AvgIpc) is 4.31. The minimum atomic E-state index is -0.128. The van der Waals surface area contributed by atoms with Gasteiger partial charge < -0.3 is 19.0 Å². The van der Waals surface area contributed by atoms with Crippen LogP contribution in [0.15, 0.2) is 247 Å². The monoisotopic (exact) mass is 983 g/mol. The normalized spacial score (nSPS) is 15.4. The van der Waals surface area contributed by atoms with E-state index >= 15 is 0 Å². The first-order valence-electron chi connectivity index (χ1n) is 26.9. The third-order valence-electron chi connectivity index (χ3n) is 16.3. The second-order valence-electron chi connectivity index (χ2n) is 21.3. The molecule has 0 amide bonds. The quantitative estimate of drug-likeness (QED) is 0.129. The molecule has 3 aliphatic rings. The molecular formula is C71H57N3O2. The van der Waals surface area contributed by atoms with Crippen molar-refractivity contribution in [2.75, 3.05) is 9.80 Å². The second-order valence-corrected chi connectivity index (χ2v) is 21.3. The number of furan rings is 1. The van der Waals surface area contributed by atoms with Crippen molar-refractivity contribution in [2.45, 2.75) is 63.7 Å². The highest BCUT2D eigenvalue weighted by Gasteiger charge is 2.41. The number of aromatic nitrogens is 1. The van der Waals surface area contributed by atoms with E-state index in [1.54, 1.807) is 0 Å². The summed E-state index contributed by atoms with van der Waals surface area (Å²) in [4.78, 5) is 10.3. The highest BCUT2D eigenvalue weighted by atomic mass is 16.5. The van der Waals surface area contributed by atoms with Gasteiger partial charge in [0.2, 0.25) is 0 Å². The van der Waals surface area contributed by atoms with Gasteiger partial charge in [-0.3, -0.25) is 4.98 Å². The lowest BCUT2D eigenvalue weighted by molar-refractivity contribution is 0.418. The summed E-state index contributed by atoms with van der Waals surface area (Å²) in [6.07, 6.45) is 7.45. The van der Waals surface area contributed by atoms with Crippen LogP contribution in [0.25, 0.3) is 44.0 Å². The van der Waals surface area contributed by atoms with Crippen LogP contribution in [0.5, 0.6) is 5.75 Å². The van der Waals surface area contributed by atoms with Crippen molar-refractivity contribution in [3.8, 4) is 16.9 Å². The molecule has 11 aromatic rings. The molecule has 14 rings (SSSR count). The van der Waals surface area contributed by atoms with Gasteiger partial charge in [0.15, 0.2) is 5.58 Å². The van der Waals surface area contributed by atoms with Gasteiger partial charge in [0.05, 0.1) is 28.5 Å². The summed E-state index contributed by atoms with van der Waals surface area (Å²) >= 11 is 0. The van der Waals surface area contributed by atoms with E-state index in [0.717, 1.165) is 84.9 Å². The molecule has 0 N–H and O–H groups in total. The molecule has 5 nitrogen and oxygen atoms in total. The summed E-state index contributed by atoms with van der Waals surface area (Å²) in [6, 6.07) is 77.9. The Labute approximate surface area is 444 Å². The first-order valence-corrected chi connectivity index (χ1v) is 26.9. The van der Waals surface area contributed by atoms with Crippen LogP contribution < -0.4 is 14.5 Å². The van der Waals surface area contributed by atoms with Gasteiger partial charge in [-0.05, 0) is 136 Å². The van der Waals surface area contributed by atoms with Crippen molar-refractivity contribution in [3.05, 3.63) is 281 Å². The summed E-state index contributed by atoms with van der Waals surface area (Å²) in [6.45, 7) is 9.03. The first-order chi connectivity index (χ1) is 37.4. The SMILES string of the molecule is CC(C)c1ccc(N(C2=C3Oc4ccccc4C3CC=C2)c2ccc3c(c2)C(C(c2ccccc2)c2ccccc2)c2cc(N(c4ccc(C(C)C)cc4)c4cccc5c4oc4ccccc45)c4cccnc4c2-3)cc1. The number of nitrogens with zero attached hydrogens (tertiary/aromatic N) is 3. The molecule has 2 aromatic heterocycles. The zero-order chi connectivity index (χ0) is 51.0. The third-order valence-corrected chi connectivity index (χ3v) is 16.3. The van der Waals surface area contributed by atoms with Gasteiger partial charge in [-0.1, -0.05) is 173 Å². The van der Waals surface area contributed by atoms with Crippen LogP contribution >= 0.6 is 0 Å². The number of ether oxygens (including phenoxy) is 1. The lowest BCUT2D eigenvalue weighted by Crippen LogP contribution is -2.22. The van der Waals surface area contributed by atoms with E-state index in [9.17, 15) is 0 Å². The first kappa shape index (κ1) is 45.7. The summed E-state index contributed by atoms with van der Waals surface area (Å²) in [5.41, 5.74) is 20.1. The van der Waals surface area contributed by atoms with Crippen LogP contribution in [-0.4, -0.2) is 4.98 Å². The van der Waals surface area contributed by atoms with E-state index in [-0.39, 0.29) is 17.8 Å². The van der Waals surface area contributed by atoms with Crippen LogP contribution in [0.1, 0.15) is 103 Å². The molecule has 0 saturated heterocycles. The van der Waals surface area contributed by atoms with E-state index in [0.29, 0.717) is 11.8 Å². The van der Waals surface area contributed by atoms with Crippen molar-refractivity contribution < 1.29 is 9.15 Å². The number of rotatable bonds is 11. The highest BCUT2D eigenvalue weighted by Crippen LogP contribution is 2.59. The maximum Gasteiger partial charge on any atom is 0.159 e. The molecule has 76 heavy (non-hydrogen) atoms. The number of hydrogen-bond donors (Lipinski definition) is 0. The summed E-state index contributed by atoms with van der Waals surface area (Å²) in [5, 5.41) is 3.24. The molecule has 9 aromatic carbocycles. The second kappa shape index (κ2) is 18.5. The summed E-state index contributed by atoms with van der Waals surface area (Å²) < 4.78 is 13.8. The van der Waals surface area contributed by atoms with Gasteiger partial charge >= 0.3 is 0 Å². The van der Waals surface area contributed by atoms with Crippen LogP contribution in [0, 0.1) is 0 Å². The van der Waals surface area contributed by atoms with Gasteiger partial charge in [0.25, 0.3) is 0 Å². The van der Waals surface area contributed by atoms with E-state index in [2.05, 4.69) is 262 Å². The van der Waals surface area contributed by atoms with Crippen molar-refractivity contribution in [1.82, 2.24) is 4.98 Å². The molecule has 2 aliphatic carbocycles. The molecule has 0 fully saturated rings. The molecular weight excluding hydrogens is 927 g/mol. The number of benzene rings is 9. The number of para-hydroxylation sites is 3. The molecule has 2 unspecified atom stereocenters. The number of allylic oxidation sites excluding steroid dienone is 3. The van der Waals surface area contributed by atoms with Crippen molar-refractivity contribution in [1.29, 1.82) is 0 Å². The predicted molar refractivity (Wildman–Crippen MR) is 313 cm³/mol. The average molecular weight is 984 g/mol. The Morgan fingerprint density at radius 3 is 1.86 bits per heavy atom. The van der Waals surface area contributed by atoms with Gasteiger partial charge in [-0.15, -0.1) is 0 Å². The van der Waals surface area contributed by atoms with Crippen LogP contribution in [0.2, 0.25) is 0 Å². The Kier molecular flexibility index (Phi) is 11.1. The molecule has 0 bridgehead atoms. The third kappa shape index (κ3) is 7.47. The van der Waals surface area contributed by atoms with Gasteiger partial charge in [-0.2, -0.15) is 0 Å². The predicted octanol–water partition coefficient (Wildman–Crippen LogP) is 19.3. The fourth-order valence-corrected chi connectivity index (χ4v) is 12.6. The van der Waals surface area contributed by atoms with E-state index in [4.69, 9.17) is 14.1 Å². The fourth-order valence-electron chi connectivity index (χ4n) is 12.6. The van der Waals surface area contributed by atoms with E-state index in [1.165, 1.54) is 50.1 Å². The molecule has 1 aliphatic heterocycles. The molecule has 5 heteroatoms. The Bertz CT molecular complexity index is 4040. The molecule has 2 atom stereocenters. The lowest BCUT2D eigenvalue weighted by atomic mass is 9.75. The summed E-state index contributed by atoms with van der Waals surface area (Å²) in [7, 11) is 0. The van der Waals surface area contributed by atoms with Gasteiger partial charge in [0, 0.05) is 62.4 Å². The standard InChI is InChI=1S/C71H57N3O2/c1-44(2)46-31-35-50(36-32-46)73(61-27-15-24-56-53-22-11-13-29-64(53)75-70(56)61)52-39-40-55-59(42-52)67(66(48-18-7-5-8-19-48)49-20-9-6-10-21-49)60-43-63(58-26-17-41-72-69(58)68(55)60)74(51-37-33-47(34-38-51)45(3)4)62-28-16-25-57-54-23-12-14-30-65(54)76-71(57)62/h5-23,25-45,56,66-67H,24H2,1-4H3. The summed E-state index contributed by atoms with van der Waals surface area (Å²) in [5.74, 6) is 2.66. The molecule has 3 heterocycles. The van der Waals surface area contributed by atoms with Crippen molar-refractivity contribution in [3.63, 3.8) is 0 Å².